The van der Waals surface area contributed by atoms with Gasteiger partial charge in [-0.05, 0) is 62.4 Å². The third-order valence-electron chi connectivity index (χ3n) is 2.50. The lowest BCUT2D eigenvalue weighted by Gasteiger charge is -2.07. The van der Waals surface area contributed by atoms with Crippen molar-refractivity contribution in [2.24, 2.45) is 0 Å². The largest absolute Gasteiger partial charge is 0.382 e. The van der Waals surface area contributed by atoms with Crippen molar-refractivity contribution >= 4 is 35.3 Å². The summed E-state index contributed by atoms with van der Waals surface area (Å²) in [5, 5.41) is 18.7. The molecule has 2 aromatic carbocycles. The summed E-state index contributed by atoms with van der Waals surface area (Å²) >= 11 is 4.58. The van der Waals surface area contributed by atoms with Gasteiger partial charge in [0.1, 0.15) is 10.9 Å². The minimum atomic E-state index is -0.387. The summed E-state index contributed by atoms with van der Waals surface area (Å²) in [6, 6.07) is 16.4. The second-order valence-corrected chi connectivity index (χ2v) is 8.40. The van der Waals surface area contributed by atoms with Crippen LogP contribution < -0.4 is 0 Å². The molecule has 112 valence electrons. The molecule has 0 heterocycles. The summed E-state index contributed by atoms with van der Waals surface area (Å²) in [7, 11) is 0. The van der Waals surface area contributed by atoms with Gasteiger partial charge in [-0.1, -0.05) is 35.3 Å². The summed E-state index contributed by atoms with van der Waals surface area (Å²) in [6.07, 6.45) is 0. The van der Waals surface area contributed by atoms with Gasteiger partial charge in [-0.25, -0.2) is 0 Å². The summed E-state index contributed by atoms with van der Waals surface area (Å²) in [4.78, 5) is 4.47. The molecule has 0 aliphatic heterocycles. The van der Waals surface area contributed by atoms with Gasteiger partial charge in [-0.3, -0.25) is 0 Å². The molecule has 0 radical (unpaired) electrons. The van der Waals surface area contributed by atoms with Crippen LogP contribution in [-0.2, 0) is 0 Å². The number of hydrogen-bond donors (Lipinski definition) is 2. The predicted molar refractivity (Wildman–Crippen MR) is 92.1 cm³/mol. The van der Waals surface area contributed by atoms with E-state index in [2.05, 4.69) is 24.3 Å². The highest BCUT2D eigenvalue weighted by Crippen LogP contribution is 2.32. The van der Waals surface area contributed by atoms with Crippen molar-refractivity contribution in [2.75, 3.05) is 0 Å². The molecule has 5 heteroatoms. The number of aliphatic hydroxyl groups is 2. The number of hydrogen-bond acceptors (Lipinski definition) is 5. The number of aliphatic hydroxyl groups excluding tert-OH is 2. The molecule has 0 saturated heterocycles. The molecule has 0 amide bonds. The maximum absolute atomic E-state index is 9.34. The quantitative estimate of drug-likeness (QED) is 0.590. The zero-order chi connectivity index (χ0) is 15.2. The monoisotopic (exact) mass is 338 g/mol. The minimum absolute atomic E-state index is 0.387. The van der Waals surface area contributed by atoms with Crippen LogP contribution in [0.15, 0.2) is 68.1 Å². The van der Waals surface area contributed by atoms with Crippen LogP contribution in [0, 0.1) is 0 Å². The molecule has 2 nitrogen and oxygen atoms in total. The van der Waals surface area contributed by atoms with Crippen molar-refractivity contribution in [1.29, 1.82) is 0 Å². The van der Waals surface area contributed by atoms with Gasteiger partial charge in [0, 0.05) is 19.6 Å². The van der Waals surface area contributed by atoms with E-state index in [9.17, 15) is 10.2 Å². The molecule has 0 aliphatic carbocycles. The van der Waals surface area contributed by atoms with E-state index in [0.717, 1.165) is 9.79 Å². The van der Waals surface area contributed by atoms with Gasteiger partial charge in [0.15, 0.2) is 0 Å². The Balaban J connectivity index is 1.97. The molecule has 0 spiro atoms. The highest BCUT2D eigenvalue weighted by molar-refractivity contribution is 8.00. The Labute approximate surface area is 138 Å². The molecule has 2 unspecified atom stereocenters. The van der Waals surface area contributed by atoms with Crippen LogP contribution in [-0.4, -0.2) is 21.1 Å². The van der Waals surface area contributed by atoms with Crippen LogP contribution in [0.1, 0.15) is 13.8 Å². The zero-order valence-electron chi connectivity index (χ0n) is 11.9. The van der Waals surface area contributed by atoms with Crippen LogP contribution in [0.3, 0.4) is 0 Å². The number of thioether (sulfide) groups is 2. The standard InChI is InChI=1S/C16H18O2S3/c1-11(17)19-13-3-7-15(8-4-13)21-16-9-5-14(6-10-16)20-12(2)18/h3-12,17-18H,1-2H3. The van der Waals surface area contributed by atoms with E-state index in [4.69, 9.17) is 0 Å². The Hall–Kier alpha value is -0.590. The third kappa shape index (κ3) is 5.96. The van der Waals surface area contributed by atoms with Gasteiger partial charge < -0.3 is 10.2 Å². The molecule has 21 heavy (non-hydrogen) atoms. The average molecular weight is 339 g/mol. The Morgan fingerprint density at radius 2 is 0.905 bits per heavy atom. The first kappa shape index (κ1) is 16.8. The van der Waals surface area contributed by atoms with Crippen molar-refractivity contribution < 1.29 is 10.2 Å². The molecule has 0 aliphatic rings. The molecule has 0 fully saturated rings. The van der Waals surface area contributed by atoms with Crippen molar-refractivity contribution in [2.45, 2.75) is 44.3 Å². The fourth-order valence-corrected chi connectivity index (χ4v) is 3.89. The predicted octanol–water partition coefficient (Wildman–Crippen LogP) is 4.70. The smallest absolute Gasteiger partial charge is 0.101 e. The molecular weight excluding hydrogens is 320 g/mol. The lowest BCUT2D eigenvalue weighted by atomic mass is 10.4. The van der Waals surface area contributed by atoms with Gasteiger partial charge in [-0.2, -0.15) is 0 Å². The summed E-state index contributed by atoms with van der Waals surface area (Å²) in [5.41, 5.74) is -0.773. The van der Waals surface area contributed by atoms with Crippen LogP contribution in [0.5, 0.6) is 0 Å². The molecular formula is C16H18O2S3. The molecule has 2 aromatic rings. The highest BCUT2D eigenvalue weighted by atomic mass is 32.2. The van der Waals surface area contributed by atoms with Gasteiger partial charge in [0.25, 0.3) is 0 Å². The first-order valence-electron chi connectivity index (χ1n) is 6.60. The van der Waals surface area contributed by atoms with Crippen LogP contribution in [0.2, 0.25) is 0 Å². The maximum atomic E-state index is 9.34. The molecule has 2 N–H and O–H groups in total. The second kappa shape index (κ2) is 8.15. The van der Waals surface area contributed by atoms with E-state index in [-0.39, 0.29) is 10.9 Å². The van der Waals surface area contributed by atoms with Crippen LogP contribution in [0.25, 0.3) is 0 Å². The summed E-state index contributed by atoms with van der Waals surface area (Å²) in [5.74, 6) is 0. The minimum Gasteiger partial charge on any atom is -0.382 e. The van der Waals surface area contributed by atoms with Crippen molar-refractivity contribution in [1.82, 2.24) is 0 Å². The van der Waals surface area contributed by atoms with E-state index < -0.39 is 0 Å². The SMILES string of the molecule is CC(O)Sc1ccc(Sc2ccc(SC(C)O)cc2)cc1. The number of rotatable bonds is 6. The highest BCUT2D eigenvalue weighted by Gasteiger charge is 2.03. The average Bonchev–Trinajstić information content (AvgIpc) is 2.42. The summed E-state index contributed by atoms with van der Waals surface area (Å²) in [6.45, 7) is 3.53. The van der Waals surface area contributed by atoms with E-state index in [1.807, 2.05) is 24.3 Å². The van der Waals surface area contributed by atoms with E-state index in [0.29, 0.717) is 0 Å². The zero-order valence-corrected chi connectivity index (χ0v) is 14.3. The topological polar surface area (TPSA) is 40.5 Å². The van der Waals surface area contributed by atoms with Gasteiger partial charge in [0.05, 0.1) is 0 Å². The maximum Gasteiger partial charge on any atom is 0.101 e. The fourth-order valence-electron chi connectivity index (χ4n) is 1.70. The molecule has 0 saturated carbocycles. The molecule has 0 aromatic heterocycles. The normalized spacial score (nSPS) is 13.9. The Morgan fingerprint density at radius 3 is 1.19 bits per heavy atom. The molecule has 2 rings (SSSR count). The molecule has 0 bridgehead atoms. The van der Waals surface area contributed by atoms with E-state index in [1.54, 1.807) is 25.6 Å². The lowest BCUT2D eigenvalue weighted by molar-refractivity contribution is 0.283. The van der Waals surface area contributed by atoms with Gasteiger partial charge in [0.2, 0.25) is 0 Å². The van der Waals surface area contributed by atoms with E-state index in [1.165, 1.54) is 33.3 Å². The lowest BCUT2D eigenvalue weighted by Crippen LogP contribution is -1.90. The number of benzene rings is 2. The Kier molecular flexibility index (Phi) is 6.51. The first-order chi connectivity index (χ1) is 10.0. The van der Waals surface area contributed by atoms with Crippen molar-refractivity contribution in [3.8, 4) is 0 Å². The van der Waals surface area contributed by atoms with Gasteiger partial charge >= 0.3 is 0 Å². The second-order valence-electron chi connectivity index (χ2n) is 4.48. The summed E-state index contributed by atoms with van der Waals surface area (Å²) < 4.78 is 0. The van der Waals surface area contributed by atoms with Crippen LogP contribution >= 0.6 is 35.3 Å². The Morgan fingerprint density at radius 1 is 0.619 bits per heavy atom. The third-order valence-corrected chi connectivity index (χ3v) is 5.28. The van der Waals surface area contributed by atoms with Crippen molar-refractivity contribution in [3.63, 3.8) is 0 Å². The van der Waals surface area contributed by atoms with Crippen LogP contribution in [0.4, 0.5) is 0 Å². The van der Waals surface area contributed by atoms with Gasteiger partial charge in [-0.15, -0.1) is 0 Å². The van der Waals surface area contributed by atoms with E-state index >= 15 is 0 Å². The molecule has 2 atom stereocenters. The van der Waals surface area contributed by atoms with Crippen molar-refractivity contribution in [3.05, 3.63) is 48.5 Å². The fraction of sp³-hybridized carbons (Fsp3) is 0.250. The first-order valence-corrected chi connectivity index (χ1v) is 9.18. The Bertz CT molecular complexity index is 499.